The van der Waals surface area contributed by atoms with Crippen LogP contribution in [0.1, 0.15) is 32.5 Å². The molecule has 1 aromatic rings. The second-order valence-electron chi connectivity index (χ2n) is 4.06. The summed E-state index contributed by atoms with van der Waals surface area (Å²) in [6, 6.07) is -0.198. The van der Waals surface area contributed by atoms with Crippen molar-refractivity contribution in [1.82, 2.24) is 25.6 Å². The summed E-state index contributed by atoms with van der Waals surface area (Å²) in [4.78, 5) is 11.7. The molecule has 0 aliphatic rings. The molecule has 0 saturated heterocycles. The van der Waals surface area contributed by atoms with Crippen LogP contribution in [0.4, 0.5) is 0 Å². The van der Waals surface area contributed by atoms with Crippen LogP contribution in [0.5, 0.6) is 0 Å². The molecular formula is C10H19N5O. The van der Waals surface area contributed by atoms with Gasteiger partial charge in [-0.05, 0) is 27.8 Å². The zero-order chi connectivity index (χ0) is 12.1. The molecule has 0 saturated carbocycles. The SMILES string of the molecule is CNCc1cn(C(C)C(=O)NC(C)C)nn1. The second-order valence-corrected chi connectivity index (χ2v) is 4.06. The summed E-state index contributed by atoms with van der Waals surface area (Å²) in [5.41, 5.74) is 0.826. The summed E-state index contributed by atoms with van der Waals surface area (Å²) in [6.45, 7) is 6.31. The lowest BCUT2D eigenvalue weighted by Gasteiger charge is -2.13. The first-order chi connectivity index (χ1) is 7.54. The van der Waals surface area contributed by atoms with E-state index in [0.29, 0.717) is 6.54 Å². The fourth-order valence-electron chi connectivity index (χ4n) is 1.29. The van der Waals surface area contributed by atoms with Crippen molar-refractivity contribution in [3.05, 3.63) is 11.9 Å². The number of amides is 1. The van der Waals surface area contributed by atoms with Gasteiger partial charge in [0.1, 0.15) is 6.04 Å². The van der Waals surface area contributed by atoms with Gasteiger partial charge in [-0.2, -0.15) is 0 Å². The van der Waals surface area contributed by atoms with Gasteiger partial charge in [0.2, 0.25) is 5.91 Å². The minimum absolute atomic E-state index is 0.0455. The van der Waals surface area contributed by atoms with Crippen LogP contribution >= 0.6 is 0 Å². The summed E-state index contributed by atoms with van der Waals surface area (Å²) in [5, 5.41) is 13.7. The Morgan fingerprint density at radius 1 is 1.50 bits per heavy atom. The molecule has 0 fully saturated rings. The molecule has 6 heteroatoms. The van der Waals surface area contributed by atoms with Gasteiger partial charge in [0.05, 0.1) is 11.9 Å². The monoisotopic (exact) mass is 225 g/mol. The molecule has 1 unspecified atom stereocenters. The normalized spacial score (nSPS) is 12.8. The molecule has 16 heavy (non-hydrogen) atoms. The zero-order valence-electron chi connectivity index (χ0n) is 10.2. The number of hydrogen-bond donors (Lipinski definition) is 2. The van der Waals surface area contributed by atoms with Crippen molar-refractivity contribution in [1.29, 1.82) is 0 Å². The predicted octanol–water partition coefficient (Wildman–Crippen LogP) is 0.0831. The molecule has 1 rings (SSSR count). The van der Waals surface area contributed by atoms with E-state index in [9.17, 15) is 4.79 Å². The highest BCUT2D eigenvalue weighted by Crippen LogP contribution is 2.05. The summed E-state index contributed by atoms with van der Waals surface area (Å²) >= 11 is 0. The number of nitrogens with one attached hydrogen (secondary N) is 2. The van der Waals surface area contributed by atoms with E-state index >= 15 is 0 Å². The molecule has 1 amide bonds. The maximum atomic E-state index is 11.7. The van der Waals surface area contributed by atoms with Crippen LogP contribution in [-0.2, 0) is 11.3 Å². The number of nitrogens with zero attached hydrogens (tertiary/aromatic N) is 3. The topological polar surface area (TPSA) is 71.8 Å². The molecule has 1 heterocycles. The highest BCUT2D eigenvalue weighted by atomic mass is 16.2. The van der Waals surface area contributed by atoms with Gasteiger partial charge in [-0.25, -0.2) is 4.68 Å². The van der Waals surface area contributed by atoms with Crippen LogP contribution in [-0.4, -0.2) is 34.0 Å². The van der Waals surface area contributed by atoms with Crippen LogP contribution in [0, 0.1) is 0 Å². The lowest BCUT2D eigenvalue weighted by Crippen LogP contribution is -2.35. The van der Waals surface area contributed by atoms with Crippen LogP contribution in [0.3, 0.4) is 0 Å². The van der Waals surface area contributed by atoms with Crippen molar-refractivity contribution < 1.29 is 4.79 Å². The second kappa shape index (κ2) is 5.60. The lowest BCUT2D eigenvalue weighted by atomic mass is 10.3. The Labute approximate surface area is 95.4 Å². The van der Waals surface area contributed by atoms with Gasteiger partial charge in [0.15, 0.2) is 0 Å². The van der Waals surface area contributed by atoms with Crippen molar-refractivity contribution in [2.75, 3.05) is 7.05 Å². The Kier molecular flexibility index (Phi) is 4.42. The predicted molar refractivity (Wildman–Crippen MR) is 60.8 cm³/mol. The molecule has 0 radical (unpaired) electrons. The Morgan fingerprint density at radius 2 is 2.19 bits per heavy atom. The number of hydrogen-bond acceptors (Lipinski definition) is 4. The van der Waals surface area contributed by atoms with E-state index in [1.807, 2.05) is 20.9 Å². The van der Waals surface area contributed by atoms with Crippen molar-refractivity contribution >= 4 is 5.91 Å². The fraction of sp³-hybridized carbons (Fsp3) is 0.700. The summed E-state index contributed by atoms with van der Waals surface area (Å²) in [6.07, 6.45) is 1.78. The third-order valence-electron chi connectivity index (χ3n) is 2.12. The van der Waals surface area contributed by atoms with E-state index in [4.69, 9.17) is 0 Å². The molecule has 0 bridgehead atoms. The van der Waals surface area contributed by atoms with E-state index in [2.05, 4.69) is 20.9 Å². The largest absolute Gasteiger partial charge is 0.352 e. The molecule has 2 N–H and O–H groups in total. The quantitative estimate of drug-likeness (QED) is 0.744. The Balaban J connectivity index is 2.64. The summed E-state index contributed by atoms with van der Waals surface area (Å²) in [7, 11) is 1.84. The van der Waals surface area contributed by atoms with Gasteiger partial charge in [0.25, 0.3) is 0 Å². The molecule has 0 aliphatic heterocycles. The number of aromatic nitrogens is 3. The third-order valence-corrected chi connectivity index (χ3v) is 2.12. The Hall–Kier alpha value is -1.43. The molecule has 90 valence electrons. The minimum atomic E-state index is -0.333. The first-order valence-electron chi connectivity index (χ1n) is 5.40. The minimum Gasteiger partial charge on any atom is -0.352 e. The molecule has 1 aromatic heterocycles. The third kappa shape index (κ3) is 3.30. The lowest BCUT2D eigenvalue weighted by molar-refractivity contribution is -0.124. The molecule has 0 spiro atoms. The van der Waals surface area contributed by atoms with Gasteiger partial charge in [0, 0.05) is 12.6 Å². The number of carbonyl (C=O) groups excluding carboxylic acids is 1. The van der Waals surface area contributed by atoms with E-state index in [1.165, 1.54) is 0 Å². The first kappa shape index (κ1) is 12.6. The van der Waals surface area contributed by atoms with Gasteiger partial charge < -0.3 is 10.6 Å². The zero-order valence-corrected chi connectivity index (χ0v) is 10.2. The van der Waals surface area contributed by atoms with Crippen LogP contribution in [0.2, 0.25) is 0 Å². The fourth-order valence-corrected chi connectivity index (χ4v) is 1.29. The number of rotatable bonds is 5. The first-order valence-corrected chi connectivity index (χ1v) is 5.40. The molecule has 1 atom stereocenters. The van der Waals surface area contributed by atoms with Crippen LogP contribution < -0.4 is 10.6 Å². The number of carbonyl (C=O) groups is 1. The smallest absolute Gasteiger partial charge is 0.244 e. The highest BCUT2D eigenvalue weighted by molar-refractivity contribution is 5.79. The van der Waals surface area contributed by atoms with Gasteiger partial charge in [-0.3, -0.25) is 4.79 Å². The standard InChI is InChI=1S/C10H19N5O/c1-7(2)12-10(16)8(3)15-6-9(5-11-4)13-14-15/h6-8,11H,5H2,1-4H3,(H,12,16). The van der Waals surface area contributed by atoms with Crippen molar-refractivity contribution in [2.45, 2.75) is 39.4 Å². The van der Waals surface area contributed by atoms with Crippen molar-refractivity contribution in [2.24, 2.45) is 0 Å². The molecule has 0 aromatic carbocycles. The summed E-state index contributed by atoms with van der Waals surface area (Å²) in [5.74, 6) is -0.0455. The maximum absolute atomic E-state index is 11.7. The Morgan fingerprint density at radius 3 is 2.75 bits per heavy atom. The van der Waals surface area contributed by atoms with E-state index in [0.717, 1.165) is 5.69 Å². The Bertz CT molecular complexity index is 347. The molecule has 6 nitrogen and oxygen atoms in total. The van der Waals surface area contributed by atoms with Crippen LogP contribution in [0.15, 0.2) is 6.20 Å². The van der Waals surface area contributed by atoms with E-state index in [1.54, 1.807) is 17.8 Å². The average molecular weight is 225 g/mol. The van der Waals surface area contributed by atoms with Crippen molar-refractivity contribution in [3.8, 4) is 0 Å². The maximum Gasteiger partial charge on any atom is 0.244 e. The summed E-state index contributed by atoms with van der Waals surface area (Å²) < 4.78 is 1.57. The van der Waals surface area contributed by atoms with Gasteiger partial charge in [-0.1, -0.05) is 5.21 Å². The van der Waals surface area contributed by atoms with Gasteiger partial charge in [-0.15, -0.1) is 5.10 Å². The van der Waals surface area contributed by atoms with E-state index < -0.39 is 0 Å². The average Bonchev–Trinajstić information content (AvgIpc) is 2.64. The molecular weight excluding hydrogens is 206 g/mol. The van der Waals surface area contributed by atoms with Crippen molar-refractivity contribution in [3.63, 3.8) is 0 Å². The molecule has 0 aliphatic carbocycles. The van der Waals surface area contributed by atoms with E-state index in [-0.39, 0.29) is 18.0 Å². The van der Waals surface area contributed by atoms with Crippen LogP contribution in [0.25, 0.3) is 0 Å². The van der Waals surface area contributed by atoms with Gasteiger partial charge >= 0.3 is 0 Å². The highest BCUT2D eigenvalue weighted by Gasteiger charge is 2.16.